The molecule has 2 aromatic rings. The molecule has 0 heterocycles. The number of aliphatic hydroxyl groups excluding tert-OH is 1. The number of carbonyl (C=O) groups excluding carboxylic acids is 1. The van der Waals surface area contributed by atoms with Gasteiger partial charge in [-0.3, -0.25) is 9.63 Å². The third-order valence-corrected chi connectivity index (χ3v) is 3.02. The first-order valence-electron chi connectivity index (χ1n) is 7.10. The van der Waals surface area contributed by atoms with Gasteiger partial charge in [-0.2, -0.15) is 0 Å². The van der Waals surface area contributed by atoms with Crippen molar-refractivity contribution in [2.45, 2.75) is 13.0 Å². The van der Waals surface area contributed by atoms with E-state index in [0.29, 0.717) is 12.1 Å². The highest BCUT2D eigenvalue weighted by molar-refractivity contribution is 5.99. The van der Waals surface area contributed by atoms with Gasteiger partial charge in [0.1, 0.15) is 18.2 Å². The maximum absolute atomic E-state index is 14.1. The van der Waals surface area contributed by atoms with E-state index < -0.39 is 41.0 Å². The van der Waals surface area contributed by atoms with E-state index in [1.807, 2.05) is 5.48 Å². The van der Waals surface area contributed by atoms with E-state index in [9.17, 15) is 22.4 Å². The highest BCUT2D eigenvalue weighted by atomic mass is 19.2. The normalized spacial score (nSPS) is 11.9. The molecule has 0 aliphatic heterocycles. The van der Waals surface area contributed by atoms with E-state index in [4.69, 9.17) is 9.94 Å². The maximum Gasteiger partial charge on any atom is 0.277 e. The molecule has 0 aliphatic carbocycles. The molecule has 1 atom stereocenters. The van der Waals surface area contributed by atoms with Gasteiger partial charge in [0, 0.05) is 6.07 Å². The van der Waals surface area contributed by atoms with Gasteiger partial charge in [0.25, 0.3) is 5.91 Å². The minimum Gasteiger partial charge on any atom is -0.391 e. The van der Waals surface area contributed by atoms with Crippen LogP contribution in [0, 0.1) is 23.3 Å². The third kappa shape index (κ3) is 4.68. The number of benzene rings is 2. The Bertz CT molecular complexity index is 784. The molecule has 3 N–H and O–H groups in total. The molecule has 1 amide bonds. The van der Waals surface area contributed by atoms with Gasteiger partial charge in [0.2, 0.25) is 0 Å². The van der Waals surface area contributed by atoms with E-state index in [0.717, 1.165) is 18.2 Å². The molecule has 1 unspecified atom stereocenters. The van der Waals surface area contributed by atoms with Crippen LogP contribution in [-0.2, 0) is 4.84 Å². The van der Waals surface area contributed by atoms with Crippen molar-refractivity contribution >= 4 is 17.3 Å². The van der Waals surface area contributed by atoms with Crippen LogP contribution in [0.5, 0.6) is 0 Å². The standard InChI is InChI=1S/C16H14F4N2O3/c1-8(23)7-25-22-16(24)10-3-4-11(18)14(20)15(10)21-13-5-2-9(17)6-12(13)19/h2-6,8,21,23H,7H2,1H3,(H,22,24). The molecule has 0 saturated heterocycles. The summed E-state index contributed by atoms with van der Waals surface area (Å²) in [5.74, 6) is -5.56. The Labute approximate surface area is 140 Å². The monoisotopic (exact) mass is 358 g/mol. The van der Waals surface area contributed by atoms with Crippen LogP contribution in [0.25, 0.3) is 0 Å². The Morgan fingerprint density at radius 3 is 2.52 bits per heavy atom. The molecule has 9 heteroatoms. The lowest BCUT2D eigenvalue weighted by molar-refractivity contribution is -0.00684. The topological polar surface area (TPSA) is 70.6 Å². The second-order valence-electron chi connectivity index (χ2n) is 5.12. The first-order chi connectivity index (χ1) is 11.8. The number of halogens is 4. The number of rotatable bonds is 6. The number of aliphatic hydroxyl groups is 1. The van der Waals surface area contributed by atoms with Crippen LogP contribution in [-0.4, -0.2) is 23.7 Å². The van der Waals surface area contributed by atoms with E-state index in [2.05, 4.69) is 5.32 Å². The van der Waals surface area contributed by atoms with Gasteiger partial charge in [-0.1, -0.05) is 0 Å². The van der Waals surface area contributed by atoms with E-state index >= 15 is 0 Å². The lowest BCUT2D eigenvalue weighted by Gasteiger charge is -2.14. The predicted octanol–water partition coefficient (Wildman–Crippen LogP) is 3.03. The summed E-state index contributed by atoms with van der Waals surface area (Å²) in [6.45, 7) is 1.18. The summed E-state index contributed by atoms with van der Waals surface area (Å²) in [6, 6.07) is 4.11. The average molecular weight is 358 g/mol. The number of anilines is 2. The third-order valence-electron chi connectivity index (χ3n) is 3.02. The van der Waals surface area contributed by atoms with Gasteiger partial charge in [-0.05, 0) is 31.2 Å². The Kier molecular flexibility index (Phi) is 5.94. The van der Waals surface area contributed by atoms with Crippen LogP contribution in [0.15, 0.2) is 30.3 Å². The number of carbonyl (C=O) groups is 1. The van der Waals surface area contributed by atoms with Gasteiger partial charge in [0.15, 0.2) is 11.6 Å². The molecule has 25 heavy (non-hydrogen) atoms. The lowest BCUT2D eigenvalue weighted by Crippen LogP contribution is -2.28. The minimum absolute atomic E-state index is 0.231. The lowest BCUT2D eigenvalue weighted by atomic mass is 10.1. The summed E-state index contributed by atoms with van der Waals surface area (Å²) in [5, 5.41) is 11.3. The second-order valence-corrected chi connectivity index (χ2v) is 5.12. The van der Waals surface area contributed by atoms with Crippen molar-refractivity contribution in [1.29, 1.82) is 0 Å². The number of hydrogen-bond acceptors (Lipinski definition) is 4. The molecule has 0 fully saturated rings. The minimum atomic E-state index is -1.42. The number of amides is 1. The summed E-state index contributed by atoms with van der Waals surface area (Å²) < 4.78 is 54.2. The van der Waals surface area contributed by atoms with Crippen molar-refractivity contribution in [3.63, 3.8) is 0 Å². The molecule has 0 bridgehead atoms. The SMILES string of the molecule is CC(O)CONC(=O)c1ccc(F)c(F)c1Nc1ccc(F)cc1F. The smallest absolute Gasteiger partial charge is 0.277 e. The number of hydrogen-bond donors (Lipinski definition) is 3. The summed E-state index contributed by atoms with van der Waals surface area (Å²) in [5.41, 5.74) is 0.558. The number of hydroxylamine groups is 1. The summed E-state index contributed by atoms with van der Waals surface area (Å²) in [6.07, 6.45) is -0.865. The Balaban J connectivity index is 2.32. The quantitative estimate of drug-likeness (QED) is 0.548. The fraction of sp³-hybridized carbons (Fsp3) is 0.188. The van der Waals surface area contributed by atoms with E-state index in [1.54, 1.807) is 0 Å². The molecule has 0 radical (unpaired) electrons. The van der Waals surface area contributed by atoms with Crippen molar-refractivity contribution in [2.75, 3.05) is 11.9 Å². The fourth-order valence-corrected chi connectivity index (χ4v) is 1.87. The van der Waals surface area contributed by atoms with Crippen LogP contribution in [0.4, 0.5) is 28.9 Å². The Hall–Kier alpha value is -2.65. The van der Waals surface area contributed by atoms with Gasteiger partial charge in [-0.15, -0.1) is 0 Å². The Morgan fingerprint density at radius 1 is 1.16 bits per heavy atom. The highest BCUT2D eigenvalue weighted by Gasteiger charge is 2.20. The average Bonchev–Trinajstić information content (AvgIpc) is 2.53. The maximum atomic E-state index is 14.1. The molecule has 0 aliphatic rings. The molecular weight excluding hydrogens is 344 g/mol. The van der Waals surface area contributed by atoms with Crippen LogP contribution in [0.3, 0.4) is 0 Å². The molecule has 0 aromatic heterocycles. The molecule has 0 saturated carbocycles. The van der Waals surface area contributed by atoms with Gasteiger partial charge in [0.05, 0.1) is 23.0 Å². The van der Waals surface area contributed by atoms with Crippen LogP contribution >= 0.6 is 0 Å². The molecule has 2 rings (SSSR count). The highest BCUT2D eigenvalue weighted by Crippen LogP contribution is 2.28. The largest absolute Gasteiger partial charge is 0.391 e. The summed E-state index contributed by atoms with van der Waals surface area (Å²) in [4.78, 5) is 16.7. The molecule has 134 valence electrons. The van der Waals surface area contributed by atoms with Crippen molar-refractivity contribution in [3.8, 4) is 0 Å². The zero-order valence-corrected chi connectivity index (χ0v) is 12.9. The summed E-state index contributed by atoms with van der Waals surface area (Å²) in [7, 11) is 0. The van der Waals surface area contributed by atoms with Crippen LogP contribution < -0.4 is 10.8 Å². The van der Waals surface area contributed by atoms with Crippen molar-refractivity contribution < 1.29 is 32.3 Å². The van der Waals surface area contributed by atoms with Crippen LogP contribution in [0.2, 0.25) is 0 Å². The van der Waals surface area contributed by atoms with Crippen molar-refractivity contribution in [1.82, 2.24) is 5.48 Å². The van der Waals surface area contributed by atoms with Gasteiger partial charge >= 0.3 is 0 Å². The van der Waals surface area contributed by atoms with Crippen molar-refractivity contribution in [3.05, 3.63) is 59.2 Å². The second kappa shape index (κ2) is 7.95. The fourth-order valence-electron chi connectivity index (χ4n) is 1.87. The van der Waals surface area contributed by atoms with Crippen LogP contribution in [0.1, 0.15) is 17.3 Å². The van der Waals surface area contributed by atoms with Gasteiger partial charge in [-0.25, -0.2) is 23.0 Å². The number of nitrogens with one attached hydrogen (secondary N) is 2. The predicted molar refractivity (Wildman–Crippen MR) is 81.1 cm³/mol. The Morgan fingerprint density at radius 2 is 1.88 bits per heavy atom. The molecule has 0 spiro atoms. The summed E-state index contributed by atoms with van der Waals surface area (Å²) >= 11 is 0. The molecular formula is C16H14F4N2O3. The molecule has 2 aromatic carbocycles. The van der Waals surface area contributed by atoms with Crippen molar-refractivity contribution in [2.24, 2.45) is 0 Å². The first kappa shape index (κ1) is 18.7. The van der Waals surface area contributed by atoms with Gasteiger partial charge < -0.3 is 10.4 Å². The zero-order valence-electron chi connectivity index (χ0n) is 12.9. The molecule has 5 nitrogen and oxygen atoms in total. The first-order valence-corrected chi connectivity index (χ1v) is 7.10. The van der Waals surface area contributed by atoms with E-state index in [1.165, 1.54) is 6.92 Å². The van der Waals surface area contributed by atoms with E-state index in [-0.39, 0.29) is 17.9 Å². The zero-order chi connectivity index (χ0) is 18.6.